The summed E-state index contributed by atoms with van der Waals surface area (Å²) in [5.41, 5.74) is 5.80. The summed E-state index contributed by atoms with van der Waals surface area (Å²) in [5, 5.41) is 4.96. The number of para-hydroxylation sites is 1. The molecule has 0 bridgehead atoms. The van der Waals surface area contributed by atoms with Gasteiger partial charge in [-0.15, -0.1) is 0 Å². The molecule has 4 rings (SSSR count). The third-order valence-corrected chi connectivity index (χ3v) is 5.41. The van der Waals surface area contributed by atoms with Gasteiger partial charge in [-0.05, 0) is 55.1 Å². The van der Waals surface area contributed by atoms with Crippen LogP contribution in [-0.2, 0) is 25.8 Å². The van der Waals surface area contributed by atoms with Gasteiger partial charge < -0.3 is 14.6 Å². The number of aromatic nitrogens is 1. The van der Waals surface area contributed by atoms with Crippen LogP contribution in [-0.4, -0.2) is 24.3 Å². The van der Waals surface area contributed by atoms with E-state index in [2.05, 4.69) is 65.3 Å². The van der Waals surface area contributed by atoms with Crippen molar-refractivity contribution in [2.24, 2.45) is 0 Å². The zero-order valence-electron chi connectivity index (χ0n) is 15.6. The predicted octanol–water partition coefficient (Wildman–Crippen LogP) is 4.36. The molecule has 0 atom stereocenters. The highest BCUT2D eigenvalue weighted by atomic mass is 16.5. The standard InChI is InChI=1S/C23H28N2O/c1-2-18-8-10-19(11-9-18)26-17-5-16-25-22-7-4-3-6-20(22)21-12-14-24-15-13-23(21)25/h3-4,6-11,24H,2,5,12-17H2,1H3. The lowest BCUT2D eigenvalue weighted by molar-refractivity contribution is 0.302. The number of nitrogens with one attached hydrogen (secondary N) is 1. The third-order valence-electron chi connectivity index (χ3n) is 5.41. The molecule has 2 aromatic carbocycles. The number of hydrogen-bond donors (Lipinski definition) is 1. The lowest BCUT2D eigenvalue weighted by Gasteiger charge is -2.12. The molecule has 1 aliphatic heterocycles. The molecule has 26 heavy (non-hydrogen) atoms. The molecular formula is C23H28N2O. The van der Waals surface area contributed by atoms with Gasteiger partial charge in [-0.25, -0.2) is 0 Å². The molecule has 2 heterocycles. The van der Waals surface area contributed by atoms with Crippen LogP contribution in [0.2, 0.25) is 0 Å². The number of aryl methyl sites for hydroxylation is 2. The second-order valence-corrected chi connectivity index (χ2v) is 7.04. The number of nitrogens with zero attached hydrogens (tertiary/aromatic N) is 1. The second kappa shape index (κ2) is 7.96. The predicted molar refractivity (Wildman–Crippen MR) is 108 cm³/mol. The Hall–Kier alpha value is -2.26. The molecule has 0 radical (unpaired) electrons. The summed E-state index contributed by atoms with van der Waals surface area (Å²) in [5.74, 6) is 0.975. The van der Waals surface area contributed by atoms with Crippen molar-refractivity contribution in [2.75, 3.05) is 19.7 Å². The van der Waals surface area contributed by atoms with Gasteiger partial charge in [-0.2, -0.15) is 0 Å². The molecular weight excluding hydrogens is 320 g/mol. The fourth-order valence-electron chi connectivity index (χ4n) is 4.03. The third kappa shape index (κ3) is 3.49. The summed E-state index contributed by atoms with van der Waals surface area (Å²) in [6.45, 7) is 6.10. The van der Waals surface area contributed by atoms with Crippen LogP contribution in [0.5, 0.6) is 5.75 Å². The van der Waals surface area contributed by atoms with Gasteiger partial charge in [0.05, 0.1) is 6.61 Å². The zero-order chi connectivity index (χ0) is 17.8. The molecule has 1 aromatic heterocycles. The number of hydrogen-bond acceptors (Lipinski definition) is 2. The lowest BCUT2D eigenvalue weighted by atomic mass is 10.1. The first-order valence-electron chi connectivity index (χ1n) is 9.88. The molecule has 0 unspecified atom stereocenters. The Morgan fingerprint density at radius 3 is 2.65 bits per heavy atom. The monoisotopic (exact) mass is 348 g/mol. The van der Waals surface area contributed by atoms with Crippen molar-refractivity contribution < 1.29 is 4.74 Å². The normalized spacial score (nSPS) is 14.2. The van der Waals surface area contributed by atoms with Gasteiger partial charge in [0.2, 0.25) is 0 Å². The van der Waals surface area contributed by atoms with Crippen molar-refractivity contribution >= 4 is 10.9 Å². The minimum atomic E-state index is 0.755. The van der Waals surface area contributed by atoms with E-state index in [0.29, 0.717) is 0 Å². The van der Waals surface area contributed by atoms with Crippen LogP contribution >= 0.6 is 0 Å². The Kier molecular flexibility index (Phi) is 5.26. The van der Waals surface area contributed by atoms with Crippen LogP contribution in [0.25, 0.3) is 10.9 Å². The zero-order valence-corrected chi connectivity index (χ0v) is 15.6. The average molecular weight is 348 g/mol. The van der Waals surface area contributed by atoms with E-state index in [1.54, 1.807) is 5.56 Å². The van der Waals surface area contributed by atoms with E-state index < -0.39 is 0 Å². The van der Waals surface area contributed by atoms with Crippen LogP contribution in [0.4, 0.5) is 0 Å². The number of fused-ring (bicyclic) bond motifs is 3. The highest BCUT2D eigenvalue weighted by Gasteiger charge is 2.18. The maximum Gasteiger partial charge on any atom is 0.119 e. The molecule has 3 aromatic rings. The van der Waals surface area contributed by atoms with E-state index in [1.165, 1.54) is 22.2 Å². The van der Waals surface area contributed by atoms with Gasteiger partial charge >= 0.3 is 0 Å². The topological polar surface area (TPSA) is 26.2 Å². The van der Waals surface area contributed by atoms with Gasteiger partial charge in [-0.1, -0.05) is 37.3 Å². The molecule has 0 aliphatic carbocycles. The summed E-state index contributed by atoms with van der Waals surface area (Å²) in [6, 6.07) is 17.3. The molecule has 136 valence electrons. The quantitative estimate of drug-likeness (QED) is 0.670. The Labute approximate surface area is 156 Å². The Morgan fingerprint density at radius 1 is 1.00 bits per heavy atom. The van der Waals surface area contributed by atoms with Crippen LogP contribution in [0.3, 0.4) is 0 Å². The highest BCUT2D eigenvalue weighted by molar-refractivity contribution is 5.85. The van der Waals surface area contributed by atoms with Gasteiger partial charge in [0.15, 0.2) is 0 Å². The van der Waals surface area contributed by atoms with Gasteiger partial charge in [0, 0.05) is 36.1 Å². The van der Waals surface area contributed by atoms with E-state index in [9.17, 15) is 0 Å². The van der Waals surface area contributed by atoms with Gasteiger partial charge in [0.1, 0.15) is 5.75 Å². The van der Waals surface area contributed by atoms with E-state index >= 15 is 0 Å². The maximum absolute atomic E-state index is 5.96. The van der Waals surface area contributed by atoms with E-state index in [-0.39, 0.29) is 0 Å². The minimum Gasteiger partial charge on any atom is -0.494 e. The van der Waals surface area contributed by atoms with Crippen molar-refractivity contribution in [2.45, 2.75) is 39.2 Å². The summed E-state index contributed by atoms with van der Waals surface area (Å²) in [7, 11) is 0. The van der Waals surface area contributed by atoms with Crippen molar-refractivity contribution in [1.82, 2.24) is 9.88 Å². The van der Waals surface area contributed by atoms with E-state index in [1.807, 2.05) is 0 Å². The summed E-state index contributed by atoms with van der Waals surface area (Å²) in [6.07, 6.45) is 4.33. The van der Waals surface area contributed by atoms with Crippen molar-refractivity contribution in [3.8, 4) is 5.75 Å². The van der Waals surface area contributed by atoms with Crippen molar-refractivity contribution in [3.05, 3.63) is 65.4 Å². The number of ether oxygens (including phenoxy) is 1. The minimum absolute atomic E-state index is 0.755. The fourth-order valence-corrected chi connectivity index (χ4v) is 4.03. The first kappa shape index (κ1) is 17.2. The maximum atomic E-state index is 5.96. The van der Waals surface area contributed by atoms with Crippen LogP contribution < -0.4 is 10.1 Å². The smallest absolute Gasteiger partial charge is 0.119 e. The molecule has 0 saturated heterocycles. The molecule has 0 fully saturated rings. The summed E-state index contributed by atoms with van der Waals surface area (Å²) >= 11 is 0. The van der Waals surface area contributed by atoms with Gasteiger partial charge in [-0.3, -0.25) is 0 Å². The largest absolute Gasteiger partial charge is 0.494 e. The first-order valence-corrected chi connectivity index (χ1v) is 9.88. The van der Waals surface area contributed by atoms with Gasteiger partial charge in [0.25, 0.3) is 0 Å². The molecule has 3 nitrogen and oxygen atoms in total. The van der Waals surface area contributed by atoms with Crippen LogP contribution in [0, 0.1) is 0 Å². The second-order valence-electron chi connectivity index (χ2n) is 7.04. The Balaban J connectivity index is 1.46. The van der Waals surface area contributed by atoms with E-state index in [0.717, 1.165) is 57.7 Å². The number of benzene rings is 2. The van der Waals surface area contributed by atoms with Crippen LogP contribution in [0.1, 0.15) is 30.2 Å². The molecule has 1 aliphatic rings. The fraction of sp³-hybridized carbons (Fsp3) is 0.391. The molecule has 1 N–H and O–H groups in total. The average Bonchev–Trinajstić information content (AvgIpc) is 2.84. The summed E-state index contributed by atoms with van der Waals surface area (Å²) in [4.78, 5) is 0. The van der Waals surface area contributed by atoms with E-state index in [4.69, 9.17) is 4.74 Å². The molecule has 3 heteroatoms. The Morgan fingerprint density at radius 2 is 1.81 bits per heavy atom. The van der Waals surface area contributed by atoms with Crippen LogP contribution in [0.15, 0.2) is 48.5 Å². The lowest BCUT2D eigenvalue weighted by Crippen LogP contribution is -2.17. The number of rotatable bonds is 6. The Bertz CT molecular complexity index is 864. The van der Waals surface area contributed by atoms with Crippen molar-refractivity contribution in [1.29, 1.82) is 0 Å². The highest BCUT2D eigenvalue weighted by Crippen LogP contribution is 2.28. The molecule has 0 spiro atoms. The first-order chi connectivity index (χ1) is 12.9. The van der Waals surface area contributed by atoms with Crippen molar-refractivity contribution in [3.63, 3.8) is 0 Å². The molecule has 0 amide bonds. The summed E-state index contributed by atoms with van der Waals surface area (Å²) < 4.78 is 8.49. The molecule has 0 saturated carbocycles. The SMILES string of the molecule is CCc1ccc(OCCCn2c3c(c4ccccc42)CCNCC3)cc1.